The highest BCUT2D eigenvalue weighted by molar-refractivity contribution is 6.32. The van der Waals surface area contributed by atoms with Crippen LogP contribution in [-0.2, 0) is 0 Å². The van der Waals surface area contributed by atoms with Crippen molar-refractivity contribution < 1.29 is 19.7 Å². The summed E-state index contributed by atoms with van der Waals surface area (Å²) in [6.07, 6.45) is 0.418. The van der Waals surface area contributed by atoms with Crippen molar-refractivity contribution in [3.63, 3.8) is 0 Å². The molecule has 1 aromatic carbocycles. The largest absolute Gasteiger partial charge is 0.496 e. The van der Waals surface area contributed by atoms with Gasteiger partial charge in [0.05, 0.1) is 31.5 Å². The third-order valence-electron chi connectivity index (χ3n) is 3.66. The van der Waals surface area contributed by atoms with E-state index in [-0.39, 0.29) is 5.92 Å². The van der Waals surface area contributed by atoms with Crippen molar-refractivity contribution in [1.29, 1.82) is 0 Å². The molecule has 0 amide bonds. The topological polar surface area (TPSA) is 58.9 Å². The Morgan fingerprint density at radius 3 is 2.24 bits per heavy atom. The number of ether oxygens (including phenoxy) is 2. The molecular weight excluding hydrogens is 292 g/mol. The molecule has 0 heterocycles. The number of aliphatic hydroxyl groups excluding tert-OH is 2. The molecule has 0 aromatic heterocycles. The highest BCUT2D eigenvalue weighted by atomic mass is 35.5. The lowest BCUT2D eigenvalue weighted by Gasteiger charge is -2.23. The predicted octanol–water partition coefficient (Wildman–Crippen LogP) is 3.37. The number of rotatable bonds is 8. The molecule has 3 atom stereocenters. The van der Waals surface area contributed by atoms with Gasteiger partial charge in [-0.2, -0.15) is 0 Å². The molecular formula is C16H25ClO4. The van der Waals surface area contributed by atoms with Gasteiger partial charge in [0.25, 0.3) is 0 Å². The first-order valence-corrected chi connectivity index (χ1v) is 7.59. The molecule has 0 spiro atoms. The van der Waals surface area contributed by atoms with E-state index in [9.17, 15) is 10.2 Å². The van der Waals surface area contributed by atoms with Crippen molar-refractivity contribution in [3.8, 4) is 11.5 Å². The van der Waals surface area contributed by atoms with Crippen LogP contribution in [0.25, 0.3) is 0 Å². The van der Waals surface area contributed by atoms with Crippen molar-refractivity contribution >= 4 is 11.6 Å². The Balaban J connectivity index is 2.91. The van der Waals surface area contributed by atoms with E-state index in [1.807, 2.05) is 13.8 Å². The van der Waals surface area contributed by atoms with Gasteiger partial charge < -0.3 is 19.7 Å². The zero-order chi connectivity index (χ0) is 16.0. The summed E-state index contributed by atoms with van der Waals surface area (Å²) in [7, 11) is 3.13. The van der Waals surface area contributed by atoms with Gasteiger partial charge in [-0.15, -0.1) is 0 Å². The fraction of sp³-hybridized carbons (Fsp3) is 0.625. The first kappa shape index (κ1) is 18.1. The van der Waals surface area contributed by atoms with Gasteiger partial charge in [0.1, 0.15) is 11.5 Å². The molecule has 0 fully saturated rings. The van der Waals surface area contributed by atoms with E-state index in [0.717, 1.165) is 12.0 Å². The summed E-state index contributed by atoms with van der Waals surface area (Å²) in [5, 5.41) is 20.4. The highest BCUT2D eigenvalue weighted by Gasteiger charge is 2.22. The Hall–Kier alpha value is -0.970. The lowest BCUT2D eigenvalue weighted by molar-refractivity contribution is 0.00628. The van der Waals surface area contributed by atoms with Gasteiger partial charge in [0.15, 0.2) is 0 Å². The van der Waals surface area contributed by atoms with Crippen LogP contribution in [0, 0.1) is 0 Å². The molecule has 0 bridgehead atoms. The first-order valence-electron chi connectivity index (χ1n) is 7.22. The smallest absolute Gasteiger partial charge is 0.141 e. The number of halogens is 1. The fourth-order valence-electron chi connectivity index (χ4n) is 2.40. The van der Waals surface area contributed by atoms with E-state index < -0.39 is 12.2 Å². The first-order chi connectivity index (χ1) is 9.94. The van der Waals surface area contributed by atoms with Crippen LogP contribution >= 0.6 is 11.6 Å². The second-order valence-corrected chi connectivity index (χ2v) is 5.70. The number of hydrogen-bond acceptors (Lipinski definition) is 4. The Labute approximate surface area is 131 Å². The lowest BCUT2D eigenvalue weighted by atomic mass is 9.91. The predicted molar refractivity (Wildman–Crippen MR) is 84.5 cm³/mol. The summed E-state index contributed by atoms with van der Waals surface area (Å²) in [6, 6.07) is 3.53. The van der Waals surface area contributed by atoms with Crippen molar-refractivity contribution in [2.75, 3.05) is 14.2 Å². The third kappa shape index (κ3) is 4.77. The van der Waals surface area contributed by atoms with E-state index in [4.69, 9.17) is 21.1 Å². The Bertz CT molecular complexity index is 450. The normalized spacial score (nSPS) is 15.4. The molecule has 5 heteroatoms. The van der Waals surface area contributed by atoms with E-state index in [1.54, 1.807) is 26.4 Å². The van der Waals surface area contributed by atoms with Crippen molar-refractivity contribution in [2.45, 2.75) is 51.2 Å². The van der Waals surface area contributed by atoms with Crippen LogP contribution in [0.2, 0.25) is 5.02 Å². The average molecular weight is 317 g/mol. The zero-order valence-corrected chi connectivity index (χ0v) is 13.9. The molecule has 1 aromatic rings. The minimum Gasteiger partial charge on any atom is -0.496 e. The molecule has 120 valence electrons. The van der Waals surface area contributed by atoms with Gasteiger partial charge in [-0.05, 0) is 30.4 Å². The van der Waals surface area contributed by atoms with Crippen molar-refractivity contribution in [3.05, 3.63) is 22.7 Å². The minimum atomic E-state index is -0.759. The van der Waals surface area contributed by atoms with Crippen molar-refractivity contribution in [1.82, 2.24) is 0 Å². The van der Waals surface area contributed by atoms with Crippen LogP contribution in [-0.4, -0.2) is 36.6 Å². The quantitative estimate of drug-likeness (QED) is 0.772. The minimum absolute atomic E-state index is 0.00450. The van der Waals surface area contributed by atoms with Crippen molar-refractivity contribution in [2.24, 2.45) is 0 Å². The number of aliphatic hydroxyl groups is 2. The van der Waals surface area contributed by atoms with Crippen LogP contribution in [0.1, 0.15) is 44.6 Å². The van der Waals surface area contributed by atoms with Gasteiger partial charge in [0, 0.05) is 6.07 Å². The van der Waals surface area contributed by atoms with Crippen LogP contribution in [0.4, 0.5) is 0 Å². The molecule has 0 saturated heterocycles. The lowest BCUT2D eigenvalue weighted by Crippen LogP contribution is -2.27. The molecule has 2 N–H and O–H groups in total. The summed E-state index contributed by atoms with van der Waals surface area (Å²) in [6.45, 7) is 3.95. The second kappa shape index (κ2) is 8.47. The van der Waals surface area contributed by atoms with E-state index in [2.05, 4.69) is 0 Å². The van der Waals surface area contributed by atoms with Gasteiger partial charge in [-0.3, -0.25) is 0 Å². The number of methoxy groups -OCH3 is 2. The Morgan fingerprint density at radius 2 is 1.71 bits per heavy atom. The molecule has 0 aliphatic carbocycles. The van der Waals surface area contributed by atoms with Gasteiger partial charge >= 0.3 is 0 Å². The third-order valence-corrected chi connectivity index (χ3v) is 3.95. The maximum Gasteiger partial charge on any atom is 0.141 e. The average Bonchev–Trinajstić information content (AvgIpc) is 2.46. The summed E-state index contributed by atoms with van der Waals surface area (Å²) in [5.74, 6) is 1.22. The Kier molecular flexibility index (Phi) is 7.29. The monoisotopic (exact) mass is 316 g/mol. The fourth-order valence-corrected chi connectivity index (χ4v) is 2.65. The van der Waals surface area contributed by atoms with Crippen LogP contribution < -0.4 is 9.47 Å². The van der Waals surface area contributed by atoms with Gasteiger partial charge in [0.2, 0.25) is 0 Å². The van der Waals surface area contributed by atoms with Gasteiger partial charge in [-0.1, -0.05) is 31.9 Å². The maximum absolute atomic E-state index is 10.1. The summed E-state index contributed by atoms with van der Waals surface area (Å²) >= 11 is 6.16. The van der Waals surface area contributed by atoms with E-state index >= 15 is 0 Å². The Morgan fingerprint density at radius 1 is 1.10 bits per heavy atom. The van der Waals surface area contributed by atoms with Crippen LogP contribution in [0.15, 0.2) is 12.1 Å². The second-order valence-electron chi connectivity index (χ2n) is 5.29. The summed E-state index contributed by atoms with van der Waals surface area (Å²) in [4.78, 5) is 0. The molecule has 3 unspecified atom stereocenters. The molecule has 0 aliphatic heterocycles. The van der Waals surface area contributed by atoms with Crippen LogP contribution in [0.3, 0.4) is 0 Å². The maximum atomic E-state index is 10.1. The van der Waals surface area contributed by atoms with E-state index in [1.165, 1.54) is 0 Å². The van der Waals surface area contributed by atoms with E-state index in [0.29, 0.717) is 29.4 Å². The zero-order valence-electron chi connectivity index (χ0n) is 13.1. The SMILES string of the molecule is CCCC(O)C(O)CC(C)c1cc(Cl)c(OC)cc1OC. The number of benzene rings is 1. The molecule has 0 saturated carbocycles. The summed E-state index contributed by atoms with van der Waals surface area (Å²) in [5.41, 5.74) is 0.894. The molecule has 0 aliphatic rings. The molecule has 21 heavy (non-hydrogen) atoms. The number of hydrogen-bond donors (Lipinski definition) is 2. The summed E-state index contributed by atoms with van der Waals surface area (Å²) < 4.78 is 10.5. The molecule has 0 radical (unpaired) electrons. The highest BCUT2D eigenvalue weighted by Crippen LogP contribution is 2.38. The van der Waals surface area contributed by atoms with Gasteiger partial charge in [-0.25, -0.2) is 0 Å². The molecule has 1 rings (SSSR count). The van der Waals surface area contributed by atoms with Crippen LogP contribution in [0.5, 0.6) is 11.5 Å². The standard InChI is InChI=1S/C16H25ClO4/c1-5-6-13(18)14(19)7-10(2)11-8-12(17)16(21-4)9-15(11)20-3/h8-10,13-14,18-19H,5-7H2,1-4H3. The molecule has 4 nitrogen and oxygen atoms in total.